The van der Waals surface area contributed by atoms with Crippen LogP contribution in [0.2, 0.25) is 0 Å². The van der Waals surface area contributed by atoms with E-state index in [1.807, 2.05) is 52.0 Å². The molecule has 45 heavy (non-hydrogen) atoms. The van der Waals surface area contributed by atoms with E-state index in [0.717, 1.165) is 27.9 Å². The predicted octanol–water partition coefficient (Wildman–Crippen LogP) is 6.75. The normalized spacial score (nSPS) is 14.6. The smallest absolute Gasteiger partial charge is 0.406 e. The second-order valence-electron chi connectivity index (χ2n) is 10.4. The number of hydrogen-bond donors (Lipinski definition) is 1. The lowest BCUT2D eigenvalue weighted by Crippen LogP contribution is -2.31. The number of aromatic nitrogens is 3. The van der Waals surface area contributed by atoms with Gasteiger partial charge in [0.2, 0.25) is 5.91 Å². The van der Waals surface area contributed by atoms with Gasteiger partial charge >= 0.3 is 12.4 Å². The van der Waals surface area contributed by atoms with E-state index in [2.05, 4.69) is 30.3 Å². The molecule has 0 bridgehead atoms. The number of halogens is 3. The fraction of sp³-hybridized carbons (Fsp3) is 0.226. The number of amidine groups is 1. The largest absolute Gasteiger partial charge is 0.573 e. The molecule has 232 valence electrons. The minimum Gasteiger partial charge on any atom is -0.406 e. The van der Waals surface area contributed by atoms with E-state index in [-0.39, 0.29) is 23.3 Å². The number of anilines is 1. The van der Waals surface area contributed by atoms with Gasteiger partial charge in [0.1, 0.15) is 12.1 Å². The second kappa shape index (κ2) is 12.9. The molecule has 0 radical (unpaired) electrons. The monoisotopic (exact) mass is 635 g/mol. The van der Waals surface area contributed by atoms with Crippen LogP contribution in [0.5, 0.6) is 5.75 Å². The van der Waals surface area contributed by atoms with E-state index >= 15 is 0 Å². The molecule has 2 heterocycles. The van der Waals surface area contributed by atoms with E-state index in [4.69, 9.17) is 0 Å². The number of amides is 3. The van der Waals surface area contributed by atoms with Crippen molar-refractivity contribution in [1.82, 2.24) is 20.2 Å². The molecule has 4 aromatic rings. The molecular weight excluding hydrogens is 607 g/mol. The third-order valence-electron chi connectivity index (χ3n) is 6.73. The van der Waals surface area contributed by atoms with Crippen molar-refractivity contribution in [1.29, 1.82) is 0 Å². The number of nitrogens with one attached hydrogen (secondary N) is 1. The van der Waals surface area contributed by atoms with Gasteiger partial charge in [0.15, 0.2) is 11.0 Å². The van der Waals surface area contributed by atoms with Crippen molar-refractivity contribution in [2.45, 2.75) is 40.0 Å². The molecule has 3 amide bonds. The van der Waals surface area contributed by atoms with Gasteiger partial charge in [0.25, 0.3) is 0 Å². The van der Waals surface area contributed by atoms with Crippen molar-refractivity contribution in [3.8, 4) is 22.8 Å². The van der Waals surface area contributed by atoms with Gasteiger partial charge in [-0.3, -0.25) is 9.69 Å². The van der Waals surface area contributed by atoms with Crippen LogP contribution >= 0.6 is 11.8 Å². The first-order chi connectivity index (χ1) is 21.4. The van der Waals surface area contributed by atoms with Crippen LogP contribution in [0.4, 0.5) is 23.7 Å². The molecule has 0 unspecified atom stereocenters. The summed E-state index contributed by atoms with van der Waals surface area (Å²) in [5, 5.41) is 8.75. The van der Waals surface area contributed by atoms with E-state index in [9.17, 15) is 22.8 Å². The Labute approximate surface area is 261 Å². The van der Waals surface area contributed by atoms with Crippen molar-refractivity contribution in [2.24, 2.45) is 10.1 Å². The summed E-state index contributed by atoms with van der Waals surface area (Å²) in [6.07, 6.45) is -1.83. The average Bonchev–Trinajstić information content (AvgIpc) is 3.60. The third kappa shape index (κ3) is 7.58. The molecule has 1 N–H and O–H groups in total. The summed E-state index contributed by atoms with van der Waals surface area (Å²) in [5.74, 6) is 0.278. The summed E-state index contributed by atoms with van der Waals surface area (Å²) in [6.45, 7) is 7.89. The van der Waals surface area contributed by atoms with Gasteiger partial charge in [0.05, 0.1) is 23.3 Å². The molecule has 0 aliphatic carbocycles. The Kier molecular flexibility index (Phi) is 9.04. The fourth-order valence-electron chi connectivity index (χ4n) is 4.57. The summed E-state index contributed by atoms with van der Waals surface area (Å²) in [6, 6.07) is 15.9. The van der Waals surface area contributed by atoms with Gasteiger partial charge in [-0.05, 0) is 78.4 Å². The number of thioether (sulfide) groups is 1. The molecule has 14 heteroatoms. The fourth-order valence-corrected chi connectivity index (χ4v) is 5.42. The third-order valence-corrected chi connectivity index (χ3v) is 7.65. The summed E-state index contributed by atoms with van der Waals surface area (Å²) in [7, 11) is 0. The number of ether oxygens (including phenoxy) is 1. The maximum absolute atomic E-state index is 12.8. The molecule has 10 nitrogen and oxygen atoms in total. The molecule has 1 aliphatic rings. The molecule has 5 rings (SSSR count). The average molecular weight is 636 g/mol. The molecule has 0 saturated carbocycles. The van der Waals surface area contributed by atoms with Crippen LogP contribution < -0.4 is 15.1 Å². The number of aliphatic imine (C=N–C) groups is 1. The van der Waals surface area contributed by atoms with Crippen LogP contribution in [0.3, 0.4) is 0 Å². The summed E-state index contributed by atoms with van der Waals surface area (Å²) in [4.78, 5) is 35.3. The van der Waals surface area contributed by atoms with Crippen molar-refractivity contribution in [2.75, 3.05) is 10.7 Å². The Morgan fingerprint density at radius 1 is 1.09 bits per heavy atom. The van der Waals surface area contributed by atoms with Gasteiger partial charge in [-0.1, -0.05) is 49.9 Å². The lowest BCUT2D eigenvalue weighted by Gasteiger charge is -2.22. The highest BCUT2D eigenvalue weighted by Gasteiger charge is 2.33. The SMILES string of the molecule is Cc1ccc(C(C)C)c(N2C(=O)CSC2=NC(=O)N/N=C/c2ccc(-c3ncn(-c4ccc(OC(F)(F)F)cc4)n3)cc2C)c1. The summed E-state index contributed by atoms with van der Waals surface area (Å²) >= 11 is 1.20. The highest BCUT2D eigenvalue weighted by Crippen LogP contribution is 2.34. The van der Waals surface area contributed by atoms with E-state index in [1.165, 1.54) is 58.2 Å². The molecule has 3 aromatic carbocycles. The number of hydrogen-bond acceptors (Lipinski definition) is 7. The lowest BCUT2D eigenvalue weighted by molar-refractivity contribution is -0.274. The number of hydrazone groups is 1. The molecule has 0 atom stereocenters. The summed E-state index contributed by atoms with van der Waals surface area (Å²) < 4.78 is 42.6. The lowest BCUT2D eigenvalue weighted by atomic mass is 9.99. The van der Waals surface area contributed by atoms with Crippen LogP contribution in [0, 0.1) is 13.8 Å². The number of alkyl halides is 3. The Hall–Kier alpha value is -4.98. The van der Waals surface area contributed by atoms with Crippen LogP contribution in [0.25, 0.3) is 17.1 Å². The number of benzene rings is 3. The van der Waals surface area contributed by atoms with Crippen LogP contribution in [0.1, 0.15) is 42.0 Å². The Morgan fingerprint density at radius 3 is 2.53 bits per heavy atom. The summed E-state index contributed by atoms with van der Waals surface area (Å²) in [5.41, 5.74) is 7.85. The minimum atomic E-state index is -4.77. The first-order valence-corrected chi connectivity index (χ1v) is 14.7. The highest BCUT2D eigenvalue weighted by molar-refractivity contribution is 8.15. The number of carbonyl (C=O) groups excluding carboxylic acids is 2. The molecule has 1 aliphatic heterocycles. The van der Waals surface area contributed by atoms with Crippen LogP contribution in [-0.2, 0) is 4.79 Å². The first-order valence-electron chi connectivity index (χ1n) is 13.7. The van der Waals surface area contributed by atoms with Crippen LogP contribution in [0.15, 0.2) is 77.1 Å². The molecule has 1 fully saturated rings. The Bertz CT molecular complexity index is 1800. The second-order valence-corrected chi connectivity index (χ2v) is 11.4. The highest BCUT2D eigenvalue weighted by atomic mass is 32.2. The van der Waals surface area contributed by atoms with Gasteiger partial charge in [-0.25, -0.2) is 19.9 Å². The zero-order valence-electron chi connectivity index (χ0n) is 24.7. The number of carbonyl (C=O) groups is 2. The van der Waals surface area contributed by atoms with Gasteiger partial charge in [-0.15, -0.1) is 18.3 Å². The van der Waals surface area contributed by atoms with Crippen molar-refractivity contribution < 1.29 is 27.5 Å². The molecular formula is C31H28F3N7O3S. The van der Waals surface area contributed by atoms with Gasteiger partial charge in [0, 0.05) is 5.56 Å². The standard InChI is InChI=1S/C31H28F3N7O3S/c1-18(2)25-12-5-19(3)13-26(25)41-27(42)16-45-30(41)37-29(43)38-36-15-22-7-6-21(14-20(22)4)28-35-17-40(39-28)23-8-10-24(11-9-23)44-31(32,33)34/h5-15,17-18H,16H2,1-4H3,(H,38,43)/b36-15+,37-30?. The van der Waals surface area contributed by atoms with Crippen LogP contribution in [-0.4, -0.2) is 50.2 Å². The molecule has 1 saturated heterocycles. The van der Waals surface area contributed by atoms with Crippen molar-refractivity contribution >= 4 is 40.8 Å². The first kappa shape index (κ1) is 31.4. The quantitative estimate of drug-likeness (QED) is 0.178. The number of rotatable bonds is 7. The molecule has 0 spiro atoms. The molecule has 1 aromatic heterocycles. The van der Waals surface area contributed by atoms with Gasteiger partial charge in [-0.2, -0.15) is 10.1 Å². The number of urea groups is 1. The predicted molar refractivity (Wildman–Crippen MR) is 167 cm³/mol. The maximum Gasteiger partial charge on any atom is 0.573 e. The minimum absolute atomic E-state index is 0.147. The Balaban J connectivity index is 1.25. The van der Waals surface area contributed by atoms with E-state index < -0.39 is 12.4 Å². The zero-order chi connectivity index (χ0) is 32.3. The van der Waals surface area contributed by atoms with E-state index in [0.29, 0.717) is 22.2 Å². The van der Waals surface area contributed by atoms with Crippen molar-refractivity contribution in [3.05, 3.63) is 89.2 Å². The number of nitrogens with zero attached hydrogens (tertiary/aromatic N) is 6. The number of aryl methyl sites for hydroxylation is 2. The van der Waals surface area contributed by atoms with Gasteiger partial charge < -0.3 is 4.74 Å². The topological polar surface area (TPSA) is 114 Å². The maximum atomic E-state index is 12.8. The van der Waals surface area contributed by atoms with E-state index in [1.54, 1.807) is 12.1 Å². The Morgan fingerprint density at radius 2 is 1.84 bits per heavy atom. The van der Waals surface area contributed by atoms with Crippen molar-refractivity contribution in [3.63, 3.8) is 0 Å². The zero-order valence-corrected chi connectivity index (χ0v) is 25.5.